The van der Waals surface area contributed by atoms with Gasteiger partial charge in [-0.1, -0.05) is 0 Å². The Kier molecular flexibility index (Phi) is 3.38. The van der Waals surface area contributed by atoms with E-state index in [9.17, 15) is 4.79 Å². The number of piperidine rings is 1. The lowest BCUT2D eigenvalue weighted by molar-refractivity contribution is 0.0894. The molecule has 1 atom stereocenters. The third-order valence-corrected chi connectivity index (χ3v) is 6.45. The summed E-state index contributed by atoms with van der Waals surface area (Å²) in [5, 5.41) is 0.407. The molecule has 138 valence electrons. The lowest BCUT2D eigenvalue weighted by Gasteiger charge is -2.55. The van der Waals surface area contributed by atoms with Gasteiger partial charge in [0.15, 0.2) is 17.0 Å². The average molecular weight is 357 g/mol. The van der Waals surface area contributed by atoms with E-state index in [2.05, 4.69) is 16.8 Å². The maximum absolute atomic E-state index is 15.0. The van der Waals surface area contributed by atoms with Gasteiger partial charge in [-0.05, 0) is 46.0 Å². The molecule has 1 spiro atoms. The van der Waals surface area contributed by atoms with Crippen molar-refractivity contribution in [2.24, 2.45) is 5.41 Å². The monoisotopic (exact) mass is 357 g/mol. The Balaban J connectivity index is 1.58. The summed E-state index contributed by atoms with van der Waals surface area (Å²) in [6.45, 7) is 6.49. The summed E-state index contributed by atoms with van der Waals surface area (Å²) >= 11 is 0. The second kappa shape index (κ2) is 5.46. The van der Waals surface area contributed by atoms with Crippen LogP contribution in [0.3, 0.4) is 0 Å². The number of likely N-dealkylation sites (tertiary alicyclic amines) is 1. The number of aromatic nitrogens is 1. The van der Waals surface area contributed by atoms with Crippen molar-refractivity contribution in [2.75, 3.05) is 44.7 Å². The molecule has 0 radical (unpaired) electrons. The summed E-state index contributed by atoms with van der Waals surface area (Å²) < 4.78 is 23.0. The van der Waals surface area contributed by atoms with Gasteiger partial charge in [0.1, 0.15) is 12.3 Å². The molecule has 0 N–H and O–H groups in total. The molecule has 5 nitrogen and oxygen atoms in total. The predicted octanol–water partition coefficient (Wildman–Crippen LogP) is 2.63. The van der Waals surface area contributed by atoms with E-state index in [0.717, 1.165) is 44.5 Å². The van der Waals surface area contributed by atoms with Gasteiger partial charge in [0.05, 0.1) is 16.9 Å². The number of nitrogens with zero attached hydrogens (tertiary/aromatic N) is 3. The summed E-state index contributed by atoms with van der Waals surface area (Å²) in [5.41, 5.74) is 1.42. The van der Waals surface area contributed by atoms with Gasteiger partial charge in [0.2, 0.25) is 0 Å². The van der Waals surface area contributed by atoms with Crippen molar-refractivity contribution in [3.8, 4) is 5.75 Å². The molecule has 2 fully saturated rings. The van der Waals surface area contributed by atoms with Crippen molar-refractivity contribution in [3.05, 3.63) is 34.4 Å². The molecule has 1 aromatic heterocycles. The van der Waals surface area contributed by atoms with E-state index in [1.807, 2.05) is 11.5 Å². The minimum absolute atomic E-state index is 0.125. The van der Waals surface area contributed by atoms with Gasteiger partial charge >= 0.3 is 0 Å². The lowest BCUT2D eigenvalue weighted by Crippen LogP contribution is -2.60. The normalized spacial score (nSPS) is 24.6. The summed E-state index contributed by atoms with van der Waals surface area (Å²) in [6, 6.07) is 3.04. The van der Waals surface area contributed by atoms with Crippen LogP contribution in [-0.4, -0.2) is 49.3 Å². The number of halogens is 1. The van der Waals surface area contributed by atoms with Crippen LogP contribution in [0.4, 0.5) is 10.1 Å². The van der Waals surface area contributed by atoms with Gasteiger partial charge < -0.3 is 19.1 Å². The topological polar surface area (TPSA) is 37.7 Å². The Labute approximate surface area is 151 Å². The minimum atomic E-state index is -0.348. The fourth-order valence-corrected chi connectivity index (χ4v) is 4.78. The molecule has 6 heteroatoms. The maximum atomic E-state index is 15.0. The van der Waals surface area contributed by atoms with Crippen LogP contribution >= 0.6 is 0 Å². The van der Waals surface area contributed by atoms with Crippen molar-refractivity contribution < 1.29 is 9.13 Å². The van der Waals surface area contributed by atoms with Crippen LogP contribution in [0.1, 0.15) is 25.8 Å². The summed E-state index contributed by atoms with van der Waals surface area (Å²) in [5.74, 6) is 0.193. The summed E-state index contributed by atoms with van der Waals surface area (Å²) in [7, 11) is 2.16. The molecule has 5 rings (SSSR count). The number of anilines is 1. The zero-order chi connectivity index (χ0) is 18.1. The molecule has 2 aromatic rings. The first-order valence-electron chi connectivity index (χ1n) is 9.41. The molecule has 1 unspecified atom stereocenters. The molecule has 3 aliphatic heterocycles. The third kappa shape index (κ3) is 2.21. The second-order valence-corrected chi connectivity index (χ2v) is 8.34. The predicted molar refractivity (Wildman–Crippen MR) is 99.7 cm³/mol. The molecule has 0 amide bonds. The Morgan fingerprint density at radius 3 is 2.73 bits per heavy atom. The molecule has 4 heterocycles. The van der Waals surface area contributed by atoms with Gasteiger partial charge in [0.25, 0.3) is 0 Å². The van der Waals surface area contributed by atoms with Crippen molar-refractivity contribution in [1.82, 2.24) is 9.47 Å². The molecular weight excluding hydrogens is 333 g/mol. The molecule has 0 aliphatic carbocycles. The number of hydrogen-bond acceptors (Lipinski definition) is 4. The molecular formula is C20H24FN3O2. The number of hydrogen-bond donors (Lipinski definition) is 0. The van der Waals surface area contributed by atoms with Crippen LogP contribution in [0.2, 0.25) is 0 Å². The molecule has 1 aromatic carbocycles. The highest BCUT2D eigenvalue weighted by Gasteiger charge is 2.46. The quantitative estimate of drug-likeness (QED) is 0.786. The third-order valence-electron chi connectivity index (χ3n) is 6.45. The molecule has 0 bridgehead atoms. The van der Waals surface area contributed by atoms with Crippen molar-refractivity contribution >= 4 is 16.6 Å². The van der Waals surface area contributed by atoms with Crippen molar-refractivity contribution in [2.45, 2.75) is 25.8 Å². The largest absolute Gasteiger partial charge is 0.487 e. The Morgan fingerprint density at radius 2 is 2.00 bits per heavy atom. The highest BCUT2D eigenvalue weighted by Crippen LogP contribution is 2.48. The fraction of sp³-hybridized carbons (Fsp3) is 0.550. The lowest BCUT2D eigenvalue weighted by atomic mass is 9.72. The summed E-state index contributed by atoms with van der Waals surface area (Å²) in [6.07, 6.45) is 4.12. The second-order valence-electron chi connectivity index (χ2n) is 8.34. The van der Waals surface area contributed by atoms with E-state index in [4.69, 9.17) is 4.74 Å². The van der Waals surface area contributed by atoms with E-state index in [1.54, 1.807) is 6.20 Å². The van der Waals surface area contributed by atoms with E-state index < -0.39 is 0 Å². The van der Waals surface area contributed by atoms with Crippen LogP contribution in [0.15, 0.2) is 23.1 Å². The Morgan fingerprint density at radius 1 is 1.27 bits per heavy atom. The zero-order valence-corrected chi connectivity index (χ0v) is 15.3. The Bertz CT molecular complexity index is 938. The van der Waals surface area contributed by atoms with Crippen LogP contribution < -0.4 is 15.1 Å². The average Bonchev–Trinajstić information content (AvgIpc) is 2.59. The zero-order valence-electron chi connectivity index (χ0n) is 15.3. The van der Waals surface area contributed by atoms with E-state index >= 15 is 4.39 Å². The number of pyridine rings is 1. The van der Waals surface area contributed by atoms with E-state index in [1.165, 1.54) is 12.1 Å². The molecule has 0 saturated carbocycles. The highest BCUT2D eigenvalue weighted by molar-refractivity contribution is 5.92. The summed E-state index contributed by atoms with van der Waals surface area (Å²) in [4.78, 5) is 16.7. The first-order valence-corrected chi connectivity index (χ1v) is 9.41. The fourth-order valence-electron chi connectivity index (χ4n) is 4.78. The first-order chi connectivity index (χ1) is 12.5. The number of rotatable bonds is 1. The molecule has 3 aliphatic rings. The van der Waals surface area contributed by atoms with Gasteiger partial charge in [-0.15, -0.1) is 0 Å². The van der Waals surface area contributed by atoms with E-state index in [-0.39, 0.29) is 17.3 Å². The highest BCUT2D eigenvalue weighted by atomic mass is 19.1. The SMILES string of the molecule is CC1COc2c(N3CC4(CCN(C)CC4)C3)c(F)cc3c(=O)ccn1c23. The van der Waals surface area contributed by atoms with Gasteiger partial charge in [-0.2, -0.15) is 0 Å². The van der Waals surface area contributed by atoms with Crippen molar-refractivity contribution in [1.29, 1.82) is 0 Å². The standard InChI is InChI=1S/C20H24FN3O2/c1-13-10-26-19-17-14(16(25)3-6-24(13)17)9-15(21)18(19)23-11-20(12-23)4-7-22(2)8-5-20/h3,6,9,13H,4-5,7-8,10-12H2,1-2H3. The van der Waals surface area contributed by atoms with Crippen LogP contribution in [-0.2, 0) is 0 Å². The molecule has 26 heavy (non-hydrogen) atoms. The van der Waals surface area contributed by atoms with E-state index in [0.29, 0.717) is 28.8 Å². The minimum Gasteiger partial charge on any atom is -0.487 e. The van der Waals surface area contributed by atoms with Crippen LogP contribution in [0.25, 0.3) is 10.9 Å². The maximum Gasteiger partial charge on any atom is 0.189 e. The van der Waals surface area contributed by atoms with Crippen molar-refractivity contribution in [3.63, 3.8) is 0 Å². The van der Waals surface area contributed by atoms with Gasteiger partial charge in [-0.25, -0.2) is 4.39 Å². The van der Waals surface area contributed by atoms with Gasteiger partial charge in [0, 0.05) is 30.8 Å². The molecule has 2 saturated heterocycles. The van der Waals surface area contributed by atoms with Crippen LogP contribution in [0, 0.1) is 11.2 Å². The first kappa shape index (κ1) is 16.1. The smallest absolute Gasteiger partial charge is 0.189 e. The van der Waals surface area contributed by atoms with Crippen LogP contribution in [0.5, 0.6) is 5.75 Å². The van der Waals surface area contributed by atoms with Gasteiger partial charge in [-0.3, -0.25) is 4.79 Å². The Hall–Kier alpha value is -2.08. The number of benzene rings is 1. The number of ether oxygens (including phenoxy) is 1.